The van der Waals surface area contributed by atoms with Crippen LogP contribution in [0.3, 0.4) is 0 Å². The lowest BCUT2D eigenvalue weighted by Crippen LogP contribution is -2.27. The Morgan fingerprint density at radius 2 is 2.03 bits per heavy atom. The smallest absolute Gasteiger partial charge is 0.260 e. The van der Waals surface area contributed by atoms with Crippen LogP contribution in [0.5, 0.6) is 11.5 Å². The van der Waals surface area contributed by atoms with Gasteiger partial charge in [-0.25, -0.2) is 4.98 Å². The maximum absolute atomic E-state index is 12.6. The van der Waals surface area contributed by atoms with Gasteiger partial charge in [-0.3, -0.25) is 9.59 Å². The summed E-state index contributed by atoms with van der Waals surface area (Å²) in [6.07, 6.45) is 4.99. The number of hydrogen-bond donors (Lipinski definition) is 2. The van der Waals surface area contributed by atoms with E-state index in [1.165, 1.54) is 28.6 Å². The highest BCUT2D eigenvalue weighted by molar-refractivity contribution is 7.99. The van der Waals surface area contributed by atoms with Crippen molar-refractivity contribution in [1.29, 1.82) is 0 Å². The lowest BCUT2D eigenvalue weighted by atomic mass is 9.97. The molecule has 1 aliphatic heterocycles. The van der Waals surface area contributed by atoms with E-state index in [-0.39, 0.29) is 17.2 Å². The molecule has 2 N–H and O–H groups in total. The van der Waals surface area contributed by atoms with Crippen LogP contribution in [0.2, 0.25) is 0 Å². The van der Waals surface area contributed by atoms with Gasteiger partial charge in [0.2, 0.25) is 5.91 Å². The van der Waals surface area contributed by atoms with Crippen molar-refractivity contribution >= 4 is 39.2 Å². The predicted octanol–water partition coefficient (Wildman–Crippen LogP) is 3.09. The van der Waals surface area contributed by atoms with Crippen molar-refractivity contribution in [2.75, 3.05) is 25.5 Å². The minimum Gasteiger partial charge on any atom is -0.486 e. The fourth-order valence-corrected chi connectivity index (χ4v) is 6.00. The van der Waals surface area contributed by atoms with Crippen molar-refractivity contribution in [3.63, 3.8) is 0 Å². The molecule has 0 bridgehead atoms. The number of hydrogen-bond acceptors (Lipinski definition) is 7. The zero-order valence-electron chi connectivity index (χ0n) is 17.0. The van der Waals surface area contributed by atoms with Gasteiger partial charge in [0, 0.05) is 11.4 Å². The average molecular weight is 458 g/mol. The van der Waals surface area contributed by atoms with E-state index in [0.29, 0.717) is 31.3 Å². The summed E-state index contributed by atoms with van der Waals surface area (Å²) in [5.41, 5.74) is 2.16. The van der Waals surface area contributed by atoms with Crippen molar-refractivity contribution in [3.05, 3.63) is 44.6 Å². The molecule has 2 aromatic heterocycles. The molecular weight excluding hydrogens is 434 g/mol. The molecule has 0 saturated heterocycles. The number of carbonyl (C=O) groups excluding carboxylic acids is 1. The standard InChI is InChI=1S/C22H23N3O4S2/c26-18(23-8-7-13-5-6-15-16(11-13)29-10-9-28-15)12-30-22-24-20(27)19-14-3-1-2-4-17(14)31-21(19)25-22/h5-6,11H,1-4,7-10,12H2,(H,23,26)(H,24,25,27). The molecule has 9 heteroatoms. The minimum atomic E-state index is -0.0917. The zero-order valence-corrected chi connectivity index (χ0v) is 18.6. The Bertz CT molecular complexity index is 1190. The number of benzene rings is 1. The van der Waals surface area contributed by atoms with Crippen LogP contribution in [0.4, 0.5) is 0 Å². The number of aryl methyl sites for hydroxylation is 2. The Labute approximate surface area is 187 Å². The molecular formula is C22H23N3O4S2. The second kappa shape index (κ2) is 8.92. The summed E-state index contributed by atoms with van der Waals surface area (Å²) >= 11 is 2.88. The van der Waals surface area contributed by atoms with Crippen LogP contribution in [0.1, 0.15) is 28.8 Å². The fourth-order valence-electron chi connectivity index (χ4n) is 3.99. The Kier molecular flexibility index (Phi) is 5.87. The maximum Gasteiger partial charge on any atom is 0.260 e. The van der Waals surface area contributed by atoms with E-state index in [2.05, 4.69) is 15.3 Å². The summed E-state index contributed by atoms with van der Waals surface area (Å²) in [6, 6.07) is 5.85. The highest BCUT2D eigenvalue weighted by Crippen LogP contribution is 2.34. The fraction of sp³-hybridized carbons (Fsp3) is 0.409. The number of thioether (sulfide) groups is 1. The molecule has 1 aliphatic carbocycles. The van der Waals surface area contributed by atoms with Crippen molar-refractivity contribution in [3.8, 4) is 11.5 Å². The van der Waals surface area contributed by atoms with E-state index in [9.17, 15) is 9.59 Å². The van der Waals surface area contributed by atoms with Crippen LogP contribution >= 0.6 is 23.1 Å². The third-order valence-corrected chi connectivity index (χ3v) is 7.54. The summed E-state index contributed by atoms with van der Waals surface area (Å²) < 4.78 is 11.1. The van der Waals surface area contributed by atoms with Crippen molar-refractivity contribution in [2.24, 2.45) is 0 Å². The highest BCUT2D eigenvalue weighted by atomic mass is 32.2. The molecule has 5 rings (SSSR count). The van der Waals surface area contributed by atoms with Crippen LogP contribution < -0.4 is 20.3 Å². The van der Waals surface area contributed by atoms with Crippen LogP contribution in [0, 0.1) is 0 Å². The topological polar surface area (TPSA) is 93.3 Å². The summed E-state index contributed by atoms with van der Waals surface area (Å²) in [5, 5.41) is 4.17. The van der Waals surface area contributed by atoms with Gasteiger partial charge in [0.1, 0.15) is 18.0 Å². The van der Waals surface area contributed by atoms with Gasteiger partial charge in [-0.15, -0.1) is 11.3 Å². The van der Waals surface area contributed by atoms with Crippen molar-refractivity contribution in [2.45, 2.75) is 37.3 Å². The molecule has 1 amide bonds. The summed E-state index contributed by atoms with van der Waals surface area (Å²) in [4.78, 5) is 34.4. The molecule has 0 radical (unpaired) electrons. The normalized spacial score (nSPS) is 15.0. The van der Waals surface area contributed by atoms with Gasteiger partial charge in [-0.1, -0.05) is 17.8 Å². The first kappa shape index (κ1) is 20.4. The Morgan fingerprint density at radius 1 is 1.19 bits per heavy atom. The van der Waals surface area contributed by atoms with Gasteiger partial charge in [0.05, 0.1) is 11.1 Å². The number of nitrogens with zero attached hydrogens (tertiary/aromatic N) is 1. The van der Waals surface area contributed by atoms with Gasteiger partial charge in [0.25, 0.3) is 5.56 Å². The SMILES string of the molecule is O=C(CSc1nc2sc3c(c2c(=O)[nH]1)CCCC3)NCCc1ccc2c(c1)OCCO2. The van der Waals surface area contributed by atoms with E-state index >= 15 is 0 Å². The van der Waals surface area contributed by atoms with E-state index in [1.807, 2.05) is 18.2 Å². The molecule has 7 nitrogen and oxygen atoms in total. The molecule has 162 valence electrons. The minimum absolute atomic E-state index is 0.0873. The molecule has 2 aliphatic rings. The Morgan fingerprint density at radius 3 is 2.94 bits per heavy atom. The van der Waals surface area contributed by atoms with E-state index in [4.69, 9.17) is 9.47 Å². The molecule has 3 heterocycles. The van der Waals surface area contributed by atoms with Gasteiger partial charge < -0.3 is 19.8 Å². The van der Waals surface area contributed by atoms with Gasteiger partial charge in [-0.2, -0.15) is 0 Å². The number of fused-ring (bicyclic) bond motifs is 4. The molecule has 31 heavy (non-hydrogen) atoms. The number of rotatable bonds is 6. The van der Waals surface area contributed by atoms with Crippen molar-refractivity contribution in [1.82, 2.24) is 15.3 Å². The summed E-state index contributed by atoms with van der Waals surface area (Å²) in [6.45, 7) is 1.65. The molecule has 0 atom stereocenters. The average Bonchev–Trinajstić information content (AvgIpc) is 3.16. The lowest BCUT2D eigenvalue weighted by molar-refractivity contribution is -0.118. The second-order valence-electron chi connectivity index (χ2n) is 7.63. The van der Waals surface area contributed by atoms with Crippen LogP contribution in [0.15, 0.2) is 28.2 Å². The van der Waals surface area contributed by atoms with Gasteiger partial charge in [0.15, 0.2) is 16.7 Å². The number of ether oxygens (including phenoxy) is 2. The lowest BCUT2D eigenvalue weighted by Gasteiger charge is -2.18. The van der Waals surface area contributed by atoms with E-state index in [0.717, 1.165) is 46.5 Å². The second-order valence-corrected chi connectivity index (χ2v) is 9.68. The van der Waals surface area contributed by atoms with E-state index < -0.39 is 0 Å². The van der Waals surface area contributed by atoms with Crippen LogP contribution in [-0.4, -0.2) is 41.4 Å². The number of H-pyrrole nitrogens is 1. The number of nitrogens with one attached hydrogen (secondary N) is 2. The van der Waals surface area contributed by atoms with Crippen LogP contribution in [0.25, 0.3) is 10.2 Å². The molecule has 0 spiro atoms. The quantitative estimate of drug-likeness (QED) is 0.437. The number of carbonyl (C=O) groups is 1. The van der Waals surface area contributed by atoms with Gasteiger partial charge >= 0.3 is 0 Å². The first-order chi connectivity index (χ1) is 15.2. The molecule has 3 aromatic rings. The molecule has 0 saturated carbocycles. The number of amides is 1. The predicted molar refractivity (Wildman–Crippen MR) is 122 cm³/mol. The van der Waals surface area contributed by atoms with Crippen molar-refractivity contribution < 1.29 is 14.3 Å². The monoisotopic (exact) mass is 457 g/mol. The van der Waals surface area contributed by atoms with Gasteiger partial charge in [-0.05, 0) is 55.4 Å². The third-order valence-electron chi connectivity index (χ3n) is 5.49. The maximum atomic E-state index is 12.6. The largest absolute Gasteiger partial charge is 0.486 e. The van der Waals surface area contributed by atoms with E-state index in [1.54, 1.807) is 11.3 Å². The molecule has 0 fully saturated rings. The number of aromatic amines is 1. The molecule has 1 aromatic carbocycles. The molecule has 0 unspecified atom stereocenters. The number of thiophene rings is 1. The highest BCUT2D eigenvalue weighted by Gasteiger charge is 2.20. The first-order valence-corrected chi connectivity index (χ1v) is 12.3. The zero-order chi connectivity index (χ0) is 21.2. The first-order valence-electron chi connectivity index (χ1n) is 10.5. The Balaban J connectivity index is 1.15. The Hall–Kier alpha value is -2.52. The summed E-state index contributed by atoms with van der Waals surface area (Å²) in [5.74, 6) is 1.64. The van der Waals surface area contributed by atoms with Crippen LogP contribution in [-0.2, 0) is 24.1 Å². The third kappa shape index (κ3) is 4.43. The summed E-state index contributed by atoms with van der Waals surface area (Å²) in [7, 11) is 0. The number of aromatic nitrogens is 2.